The quantitative estimate of drug-likeness (QED) is 0.501. The summed E-state index contributed by atoms with van der Waals surface area (Å²) in [7, 11) is 0. The molecule has 5 heavy (non-hydrogen) atoms. The van der Waals surface area contributed by atoms with Gasteiger partial charge < -0.3 is 0 Å². The van der Waals surface area contributed by atoms with Gasteiger partial charge in [0.25, 0.3) is 0 Å². The maximum atomic E-state index is 4.49. The van der Waals surface area contributed by atoms with Gasteiger partial charge in [-0.15, -0.1) is 0 Å². The van der Waals surface area contributed by atoms with Crippen molar-refractivity contribution in [1.82, 2.24) is 4.72 Å². The van der Waals surface area contributed by atoms with E-state index in [1.807, 2.05) is 0 Å². The van der Waals surface area contributed by atoms with Gasteiger partial charge in [-0.05, 0) is 12.8 Å². The van der Waals surface area contributed by atoms with Gasteiger partial charge >= 0.3 is 0 Å². The average Bonchev–Trinajstić information content (AvgIpc) is 2.12. The van der Waals surface area contributed by atoms with Gasteiger partial charge in [0.15, 0.2) is 0 Å². The monoisotopic (exact) mass is 88.0 g/mol. The molecule has 29 valence electrons. The summed E-state index contributed by atoms with van der Waals surface area (Å²) in [6.07, 6.45) is 2.59. The highest BCUT2D eigenvalue weighted by Gasteiger charge is 2.18. The zero-order valence-electron chi connectivity index (χ0n) is 2.90. The molecule has 0 aromatic heterocycles. The summed E-state index contributed by atoms with van der Waals surface area (Å²) in [5.74, 6) is 0. The Balaban J connectivity index is 2.00. The van der Waals surface area contributed by atoms with Crippen molar-refractivity contribution >= 4 is 12.8 Å². The van der Waals surface area contributed by atoms with Gasteiger partial charge in [0.1, 0.15) is 0 Å². The van der Waals surface area contributed by atoms with Crippen LogP contribution in [0.1, 0.15) is 12.8 Å². The predicted octanol–water partition coefficient (Wildman–Crippen LogP) is 0.851. The lowest BCUT2D eigenvalue weighted by molar-refractivity contribution is 0.980. The molecule has 0 atom stereocenters. The number of rotatable bonds is 1. The molecule has 0 unspecified atom stereocenters. The van der Waals surface area contributed by atoms with Crippen LogP contribution in [-0.2, 0) is 0 Å². The maximum Gasteiger partial charge on any atom is 0.0181 e. The highest BCUT2D eigenvalue weighted by Crippen LogP contribution is 2.18. The Hall–Kier alpha value is 0.310. The van der Waals surface area contributed by atoms with Gasteiger partial charge in [0, 0.05) is 18.9 Å². The molecule has 1 rings (SSSR count). The Morgan fingerprint density at radius 1 is 1.60 bits per heavy atom. The van der Waals surface area contributed by atoms with Crippen molar-refractivity contribution in [2.75, 3.05) is 0 Å². The van der Waals surface area contributed by atoms with Crippen molar-refractivity contribution in [3.05, 3.63) is 0 Å². The number of hydrogen-bond donors (Lipinski definition) is 1. The van der Waals surface area contributed by atoms with Crippen LogP contribution in [0.4, 0.5) is 0 Å². The minimum Gasteiger partial charge on any atom is -0.251 e. The molecular formula is C3H6NS. The Morgan fingerprint density at radius 2 is 2.20 bits per heavy atom. The Bertz CT molecular complexity index is 33.9. The lowest BCUT2D eigenvalue weighted by Gasteiger charge is -1.77. The molecule has 1 radical (unpaired) electrons. The van der Waals surface area contributed by atoms with Crippen LogP contribution < -0.4 is 4.72 Å². The minimum atomic E-state index is 0.699. The van der Waals surface area contributed by atoms with Crippen LogP contribution in [0.15, 0.2) is 0 Å². The third-order valence-electron chi connectivity index (χ3n) is 0.744. The first kappa shape index (κ1) is 3.50. The molecule has 1 nitrogen and oxygen atoms in total. The van der Waals surface area contributed by atoms with E-state index < -0.39 is 0 Å². The van der Waals surface area contributed by atoms with Crippen molar-refractivity contribution in [1.29, 1.82) is 0 Å². The normalized spacial score (nSPS) is 23.4. The zero-order chi connectivity index (χ0) is 3.70. The molecule has 0 amide bonds. The van der Waals surface area contributed by atoms with Gasteiger partial charge in [-0.2, -0.15) is 0 Å². The number of hydrogen-bond acceptors (Lipinski definition) is 1. The molecule has 0 aromatic rings. The van der Waals surface area contributed by atoms with E-state index in [9.17, 15) is 0 Å². The second-order valence-corrected chi connectivity index (χ2v) is 1.63. The lowest BCUT2D eigenvalue weighted by Crippen LogP contribution is -1.98. The van der Waals surface area contributed by atoms with Gasteiger partial charge in [0.05, 0.1) is 0 Å². The first-order chi connectivity index (χ1) is 2.43. The van der Waals surface area contributed by atoms with E-state index in [0.717, 1.165) is 0 Å². The highest BCUT2D eigenvalue weighted by atomic mass is 32.1. The molecule has 1 aliphatic carbocycles. The van der Waals surface area contributed by atoms with Gasteiger partial charge in [-0.3, -0.25) is 4.72 Å². The highest BCUT2D eigenvalue weighted by molar-refractivity contribution is 7.78. The summed E-state index contributed by atoms with van der Waals surface area (Å²) in [4.78, 5) is 0. The summed E-state index contributed by atoms with van der Waals surface area (Å²) in [6.45, 7) is 0. The van der Waals surface area contributed by atoms with Gasteiger partial charge in [-0.25, -0.2) is 0 Å². The lowest BCUT2D eigenvalue weighted by atomic mass is 10.8. The van der Waals surface area contributed by atoms with E-state index >= 15 is 0 Å². The van der Waals surface area contributed by atoms with Crippen LogP contribution in [0, 0.1) is 0 Å². The van der Waals surface area contributed by atoms with Crippen molar-refractivity contribution in [3.8, 4) is 0 Å². The molecular weight excluding hydrogens is 82.1 g/mol. The fourth-order valence-electron chi connectivity index (χ4n) is 0.201. The maximum absolute atomic E-state index is 4.49. The third kappa shape index (κ3) is 0.816. The Morgan fingerprint density at radius 3 is 2.20 bits per heavy atom. The standard InChI is InChI=1S/C3H6NS/c5-4-3-1-2-3/h3-4H,1-2H2. The Kier molecular flexibility index (Phi) is 0.830. The van der Waals surface area contributed by atoms with Crippen LogP contribution >= 0.6 is 12.8 Å². The van der Waals surface area contributed by atoms with E-state index in [1.165, 1.54) is 12.8 Å². The number of nitrogens with one attached hydrogen (secondary N) is 1. The van der Waals surface area contributed by atoms with E-state index in [-0.39, 0.29) is 0 Å². The molecule has 1 fully saturated rings. The molecule has 0 aromatic carbocycles. The largest absolute Gasteiger partial charge is 0.251 e. The van der Waals surface area contributed by atoms with Gasteiger partial charge in [0.2, 0.25) is 0 Å². The molecule has 2 heteroatoms. The van der Waals surface area contributed by atoms with Crippen molar-refractivity contribution in [2.45, 2.75) is 18.9 Å². The van der Waals surface area contributed by atoms with Crippen LogP contribution in [0.2, 0.25) is 0 Å². The smallest absolute Gasteiger partial charge is 0.0181 e. The summed E-state index contributed by atoms with van der Waals surface area (Å²) in [5, 5.41) is 0. The topological polar surface area (TPSA) is 12.0 Å². The van der Waals surface area contributed by atoms with E-state index in [2.05, 4.69) is 17.5 Å². The fourth-order valence-corrected chi connectivity index (χ4v) is 0.437. The molecule has 1 N–H and O–H groups in total. The van der Waals surface area contributed by atoms with Crippen molar-refractivity contribution in [2.24, 2.45) is 0 Å². The average molecular weight is 88.2 g/mol. The summed E-state index contributed by atoms with van der Waals surface area (Å²) in [6, 6.07) is 0.699. The van der Waals surface area contributed by atoms with Crippen molar-refractivity contribution < 1.29 is 0 Å². The summed E-state index contributed by atoms with van der Waals surface area (Å²) < 4.78 is 2.72. The van der Waals surface area contributed by atoms with Crippen LogP contribution in [0.3, 0.4) is 0 Å². The minimum absolute atomic E-state index is 0.699. The SMILES string of the molecule is [S]NC1CC1. The van der Waals surface area contributed by atoms with Crippen LogP contribution in [-0.4, -0.2) is 6.04 Å². The van der Waals surface area contributed by atoms with E-state index in [1.54, 1.807) is 0 Å². The van der Waals surface area contributed by atoms with Crippen LogP contribution in [0.5, 0.6) is 0 Å². The fraction of sp³-hybridized carbons (Fsp3) is 1.00. The second-order valence-electron chi connectivity index (χ2n) is 1.39. The molecule has 0 saturated heterocycles. The molecule has 0 spiro atoms. The molecule has 0 heterocycles. The Labute approximate surface area is 37.3 Å². The first-order valence-corrected chi connectivity index (χ1v) is 2.22. The molecule has 1 saturated carbocycles. The van der Waals surface area contributed by atoms with E-state index in [4.69, 9.17) is 0 Å². The van der Waals surface area contributed by atoms with E-state index in [0.29, 0.717) is 6.04 Å². The molecule has 0 bridgehead atoms. The van der Waals surface area contributed by atoms with Crippen molar-refractivity contribution in [3.63, 3.8) is 0 Å². The third-order valence-corrected chi connectivity index (χ3v) is 1.08. The first-order valence-electron chi connectivity index (χ1n) is 1.81. The summed E-state index contributed by atoms with van der Waals surface area (Å²) in [5.41, 5.74) is 0. The zero-order valence-corrected chi connectivity index (χ0v) is 3.72. The predicted molar refractivity (Wildman–Crippen MR) is 23.7 cm³/mol. The second kappa shape index (κ2) is 1.19. The van der Waals surface area contributed by atoms with Gasteiger partial charge in [-0.1, -0.05) is 0 Å². The molecule has 1 aliphatic rings. The molecule has 0 aliphatic heterocycles. The summed E-state index contributed by atoms with van der Waals surface area (Å²) >= 11 is 4.49. The van der Waals surface area contributed by atoms with Crippen LogP contribution in [0.25, 0.3) is 0 Å².